The summed E-state index contributed by atoms with van der Waals surface area (Å²) >= 11 is 0. The first-order valence-electron chi connectivity index (χ1n) is 5.23. The SMILES string of the molecule is CC1=CC[C@@H]2C(=O)N(CC(=O)O)C(=O)[C@H]2C1. The van der Waals surface area contributed by atoms with Crippen molar-refractivity contribution in [1.29, 1.82) is 0 Å². The molecule has 1 aliphatic carbocycles. The van der Waals surface area contributed by atoms with Gasteiger partial charge in [-0.1, -0.05) is 11.6 Å². The predicted octanol–water partition coefficient (Wildman–Crippen LogP) is 0.412. The first-order chi connectivity index (χ1) is 7.50. The normalized spacial score (nSPS) is 29.1. The van der Waals surface area contributed by atoms with E-state index in [1.54, 1.807) is 0 Å². The van der Waals surface area contributed by atoms with E-state index in [0.29, 0.717) is 12.8 Å². The Morgan fingerprint density at radius 1 is 1.44 bits per heavy atom. The summed E-state index contributed by atoms with van der Waals surface area (Å²) in [4.78, 5) is 35.1. The molecule has 16 heavy (non-hydrogen) atoms. The van der Waals surface area contributed by atoms with Gasteiger partial charge in [0, 0.05) is 0 Å². The number of hydrogen-bond acceptors (Lipinski definition) is 3. The Labute approximate surface area is 92.7 Å². The van der Waals surface area contributed by atoms with Crippen LogP contribution in [0.15, 0.2) is 11.6 Å². The lowest BCUT2D eigenvalue weighted by Crippen LogP contribution is -2.35. The number of carboxylic acid groups (broad SMARTS) is 1. The Balaban J connectivity index is 2.21. The van der Waals surface area contributed by atoms with Gasteiger partial charge >= 0.3 is 5.97 Å². The molecule has 2 atom stereocenters. The fourth-order valence-corrected chi connectivity index (χ4v) is 2.40. The van der Waals surface area contributed by atoms with Crippen molar-refractivity contribution < 1.29 is 19.5 Å². The van der Waals surface area contributed by atoms with Crippen LogP contribution >= 0.6 is 0 Å². The standard InChI is InChI=1S/C11H13NO4/c1-6-2-3-7-8(4-6)11(16)12(10(7)15)5-9(13)14/h2,7-8H,3-5H2,1H3,(H,13,14)/t7-,8-/m0/s1. The van der Waals surface area contributed by atoms with Crippen molar-refractivity contribution in [1.82, 2.24) is 4.90 Å². The third-order valence-corrected chi connectivity index (χ3v) is 3.21. The van der Waals surface area contributed by atoms with Crippen LogP contribution in [0.5, 0.6) is 0 Å². The molecule has 2 aliphatic rings. The van der Waals surface area contributed by atoms with Crippen molar-refractivity contribution >= 4 is 17.8 Å². The molecule has 2 amide bonds. The topological polar surface area (TPSA) is 74.7 Å². The molecular weight excluding hydrogens is 210 g/mol. The molecule has 0 spiro atoms. The van der Waals surface area contributed by atoms with Crippen LogP contribution in [0, 0.1) is 11.8 Å². The van der Waals surface area contributed by atoms with E-state index < -0.39 is 12.5 Å². The molecule has 1 aliphatic heterocycles. The van der Waals surface area contributed by atoms with Crippen LogP contribution in [-0.4, -0.2) is 34.3 Å². The summed E-state index contributed by atoms with van der Waals surface area (Å²) in [6.07, 6.45) is 3.08. The molecule has 5 nitrogen and oxygen atoms in total. The number of likely N-dealkylation sites (tertiary alicyclic amines) is 1. The van der Waals surface area contributed by atoms with Crippen molar-refractivity contribution in [2.75, 3.05) is 6.54 Å². The lowest BCUT2D eigenvalue weighted by atomic mass is 9.82. The van der Waals surface area contributed by atoms with Crippen molar-refractivity contribution in [3.63, 3.8) is 0 Å². The van der Waals surface area contributed by atoms with E-state index in [4.69, 9.17) is 5.11 Å². The van der Waals surface area contributed by atoms with E-state index in [1.165, 1.54) is 0 Å². The predicted molar refractivity (Wildman–Crippen MR) is 54.3 cm³/mol. The molecule has 0 unspecified atom stereocenters. The van der Waals surface area contributed by atoms with E-state index in [0.717, 1.165) is 10.5 Å². The Bertz CT molecular complexity index is 399. The van der Waals surface area contributed by atoms with Crippen LogP contribution < -0.4 is 0 Å². The minimum absolute atomic E-state index is 0.329. The highest BCUT2D eigenvalue weighted by Crippen LogP contribution is 2.37. The Kier molecular flexibility index (Phi) is 2.53. The van der Waals surface area contributed by atoms with Crippen LogP contribution in [0.25, 0.3) is 0 Å². The van der Waals surface area contributed by atoms with Crippen molar-refractivity contribution in [2.45, 2.75) is 19.8 Å². The molecule has 0 bridgehead atoms. The van der Waals surface area contributed by atoms with Gasteiger partial charge < -0.3 is 5.11 Å². The maximum atomic E-state index is 11.8. The van der Waals surface area contributed by atoms with E-state index in [1.807, 2.05) is 13.0 Å². The average molecular weight is 223 g/mol. The second-order valence-corrected chi connectivity index (χ2v) is 4.36. The number of allylic oxidation sites excluding steroid dienone is 2. The number of aliphatic carboxylic acids is 1. The smallest absolute Gasteiger partial charge is 0.323 e. The van der Waals surface area contributed by atoms with Crippen LogP contribution in [0.2, 0.25) is 0 Å². The Hall–Kier alpha value is -1.65. The minimum atomic E-state index is -1.15. The molecule has 0 saturated carbocycles. The summed E-state index contributed by atoms with van der Waals surface area (Å²) in [6, 6.07) is 0. The maximum absolute atomic E-state index is 11.8. The highest BCUT2D eigenvalue weighted by Gasteiger charge is 2.48. The van der Waals surface area contributed by atoms with E-state index in [2.05, 4.69) is 0 Å². The quantitative estimate of drug-likeness (QED) is 0.543. The second kappa shape index (κ2) is 3.73. The number of nitrogens with zero attached hydrogens (tertiary/aromatic N) is 1. The molecule has 5 heteroatoms. The molecule has 0 aromatic rings. The minimum Gasteiger partial charge on any atom is -0.480 e. The van der Waals surface area contributed by atoms with Gasteiger partial charge in [0.05, 0.1) is 11.8 Å². The monoisotopic (exact) mass is 223 g/mol. The van der Waals surface area contributed by atoms with Gasteiger partial charge in [0.2, 0.25) is 11.8 Å². The molecule has 0 radical (unpaired) electrons. The van der Waals surface area contributed by atoms with Gasteiger partial charge in [0.25, 0.3) is 0 Å². The molecule has 1 saturated heterocycles. The lowest BCUT2D eigenvalue weighted by Gasteiger charge is -2.19. The molecule has 2 rings (SSSR count). The lowest BCUT2D eigenvalue weighted by molar-refractivity contribution is -0.149. The summed E-state index contributed by atoms with van der Waals surface area (Å²) in [5.74, 6) is -2.48. The van der Waals surface area contributed by atoms with Crippen LogP contribution in [0.4, 0.5) is 0 Å². The van der Waals surface area contributed by atoms with Gasteiger partial charge in [0.15, 0.2) is 0 Å². The largest absolute Gasteiger partial charge is 0.480 e. The van der Waals surface area contributed by atoms with Gasteiger partial charge in [-0.25, -0.2) is 0 Å². The third-order valence-electron chi connectivity index (χ3n) is 3.21. The number of carbonyl (C=O) groups excluding carboxylic acids is 2. The Morgan fingerprint density at radius 2 is 2.06 bits per heavy atom. The molecular formula is C11H13NO4. The molecule has 1 fully saturated rings. The fraction of sp³-hybridized carbons (Fsp3) is 0.545. The van der Waals surface area contributed by atoms with Gasteiger partial charge in [-0.3, -0.25) is 19.3 Å². The molecule has 0 aromatic heterocycles. The van der Waals surface area contributed by atoms with Crippen molar-refractivity contribution in [3.8, 4) is 0 Å². The zero-order valence-electron chi connectivity index (χ0n) is 8.97. The van der Waals surface area contributed by atoms with Gasteiger partial charge in [-0.15, -0.1) is 0 Å². The summed E-state index contributed by atoms with van der Waals surface area (Å²) in [5.41, 5.74) is 1.10. The first kappa shape index (κ1) is 10.9. The van der Waals surface area contributed by atoms with Crippen LogP contribution in [0.1, 0.15) is 19.8 Å². The van der Waals surface area contributed by atoms with Crippen molar-refractivity contribution in [2.24, 2.45) is 11.8 Å². The first-order valence-corrected chi connectivity index (χ1v) is 5.23. The number of imide groups is 1. The zero-order chi connectivity index (χ0) is 11.9. The number of carboxylic acids is 1. The fourth-order valence-electron chi connectivity index (χ4n) is 2.40. The third kappa shape index (κ3) is 1.62. The Morgan fingerprint density at radius 3 is 2.69 bits per heavy atom. The summed E-state index contributed by atoms with van der Waals surface area (Å²) in [7, 11) is 0. The number of hydrogen-bond donors (Lipinski definition) is 1. The van der Waals surface area contributed by atoms with E-state index in [9.17, 15) is 14.4 Å². The molecule has 1 N–H and O–H groups in total. The van der Waals surface area contributed by atoms with E-state index in [-0.39, 0.29) is 23.7 Å². The molecule has 0 aromatic carbocycles. The number of carbonyl (C=O) groups is 3. The number of fused-ring (bicyclic) bond motifs is 1. The van der Waals surface area contributed by atoms with Gasteiger partial charge in [0.1, 0.15) is 6.54 Å². The second-order valence-electron chi connectivity index (χ2n) is 4.36. The van der Waals surface area contributed by atoms with Gasteiger partial charge in [-0.05, 0) is 19.8 Å². The summed E-state index contributed by atoms with van der Waals surface area (Å²) in [6.45, 7) is 1.41. The summed E-state index contributed by atoms with van der Waals surface area (Å²) < 4.78 is 0. The van der Waals surface area contributed by atoms with Crippen LogP contribution in [-0.2, 0) is 14.4 Å². The summed E-state index contributed by atoms with van der Waals surface area (Å²) in [5, 5.41) is 8.64. The van der Waals surface area contributed by atoms with Crippen LogP contribution in [0.3, 0.4) is 0 Å². The highest BCUT2D eigenvalue weighted by atomic mass is 16.4. The highest BCUT2D eigenvalue weighted by molar-refractivity contribution is 6.07. The number of rotatable bonds is 2. The number of amides is 2. The van der Waals surface area contributed by atoms with E-state index >= 15 is 0 Å². The molecule has 1 heterocycles. The average Bonchev–Trinajstić information content (AvgIpc) is 2.43. The molecule has 86 valence electrons. The van der Waals surface area contributed by atoms with Gasteiger partial charge in [-0.2, -0.15) is 0 Å². The van der Waals surface area contributed by atoms with Crippen molar-refractivity contribution in [3.05, 3.63) is 11.6 Å². The maximum Gasteiger partial charge on any atom is 0.323 e. The zero-order valence-corrected chi connectivity index (χ0v) is 8.97.